The second-order valence-corrected chi connectivity index (χ2v) is 29.2. The van der Waals surface area contributed by atoms with Crippen molar-refractivity contribution in [1.82, 2.24) is 5.32 Å². The Morgan fingerprint density at radius 2 is 0.516 bits per heavy atom. The lowest BCUT2D eigenvalue weighted by Gasteiger charge is -2.20. The molecule has 0 rings (SSSR count). The number of unbranched alkanes of at least 4 members (excludes halogenated alkanes) is 67. The van der Waals surface area contributed by atoms with Gasteiger partial charge in [0, 0.05) is 12.8 Å². The van der Waals surface area contributed by atoms with Crippen LogP contribution in [0.3, 0.4) is 0 Å². The molecule has 3 N–H and O–H groups in total. The van der Waals surface area contributed by atoms with Crippen LogP contribution in [0.5, 0.6) is 0 Å². The molecule has 6 nitrogen and oxygen atoms in total. The second kappa shape index (κ2) is 80.8. The van der Waals surface area contributed by atoms with Crippen LogP contribution in [-0.2, 0) is 14.3 Å². The molecule has 0 aromatic rings. The zero-order valence-corrected chi connectivity index (χ0v) is 62.1. The van der Waals surface area contributed by atoms with Crippen LogP contribution in [0.4, 0.5) is 0 Å². The van der Waals surface area contributed by atoms with Crippen LogP contribution >= 0.6 is 0 Å². The van der Waals surface area contributed by atoms with Crippen molar-refractivity contribution in [2.45, 2.75) is 495 Å². The van der Waals surface area contributed by atoms with Gasteiger partial charge in [0.25, 0.3) is 0 Å². The molecule has 0 radical (unpaired) electrons. The minimum Gasteiger partial charge on any atom is -0.466 e. The number of allylic oxidation sites excluding steroid dienone is 3. The molecule has 0 spiro atoms. The molecule has 2 atom stereocenters. The summed E-state index contributed by atoms with van der Waals surface area (Å²) in [6.45, 7) is 4.94. The van der Waals surface area contributed by atoms with Crippen LogP contribution in [0.2, 0.25) is 0 Å². The fraction of sp³-hybridized carbons (Fsp3) is 0.929. The fourth-order valence-electron chi connectivity index (χ4n) is 13.6. The third-order valence-electron chi connectivity index (χ3n) is 20.0. The minimum absolute atomic E-state index is 0.0139. The van der Waals surface area contributed by atoms with Gasteiger partial charge < -0.3 is 20.3 Å². The molecule has 91 heavy (non-hydrogen) atoms. The summed E-state index contributed by atoms with van der Waals surface area (Å²) in [6, 6.07) is -0.625. The van der Waals surface area contributed by atoms with E-state index < -0.39 is 12.1 Å². The molecule has 1 amide bonds. The average Bonchev–Trinajstić information content (AvgIpc) is 3.58. The third-order valence-corrected chi connectivity index (χ3v) is 20.0. The van der Waals surface area contributed by atoms with Crippen molar-refractivity contribution < 1.29 is 24.5 Å². The van der Waals surface area contributed by atoms with Gasteiger partial charge in [-0.15, -0.1) is 0 Å². The highest BCUT2D eigenvalue weighted by Gasteiger charge is 2.18. The van der Waals surface area contributed by atoms with Gasteiger partial charge in [-0.1, -0.05) is 436 Å². The Morgan fingerprint density at radius 3 is 0.802 bits per heavy atom. The molecule has 0 aromatic carbocycles. The van der Waals surface area contributed by atoms with Gasteiger partial charge in [-0.25, -0.2) is 0 Å². The molecule has 0 saturated carbocycles. The van der Waals surface area contributed by atoms with E-state index in [1.807, 2.05) is 6.08 Å². The molecule has 540 valence electrons. The quantitative estimate of drug-likeness (QED) is 0.0320. The van der Waals surface area contributed by atoms with E-state index >= 15 is 0 Å². The number of hydrogen-bond acceptors (Lipinski definition) is 5. The highest BCUT2D eigenvalue weighted by molar-refractivity contribution is 5.76. The molecule has 0 aliphatic rings. The number of carbonyl (C=O) groups excluding carboxylic acids is 2. The van der Waals surface area contributed by atoms with Crippen molar-refractivity contribution in [2.75, 3.05) is 13.2 Å². The number of carbonyl (C=O) groups is 2. The molecule has 0 heterocycles. The Morgan fingerprint density at radius 1 is 0.297 bits per heavy atom. The van der Waals surface area contributed by atoms with Gasteiger partial charge in [-0.05, 0) is 57.8 Å². The number of hydrogen-bond donors (Lipinski definition) is 3. The van der Waals surface area contributed by atoms with Crippen molar-refractivity contribution in [3.63, 3.8) is 0 Å². The molecular weight excluding hydrogens is 1110 g/mol. The Balaban J connectivity index is 3.33. The van der Waals surface area contributed by atoms with Crippen molar-refractivity contribution in [1.29, 1.82) is 0 Å². The predicted molar refractivity (Wildman–Crippen MR) is 403 cm³/mol. The van der Waals surface area contributed by atoms with Crippen LogP contribution in [0, 0.1) is 0 Å². The Bertz CT molecular complexity index is 1430. The fourth-order valence-corrected chi connectivity index (χ4v) is 13.6. The number of esters is 1. The lowest BCUT2D eigenvalue weighted by atomic mass is 10.0. The summed E-state index contributed by atoms with van der Waals surface area (Å²) in [7, 11) is 0. The topological polar surface area (TPSA) is 95.9 Å². The number of amides is 1. The average molecular weight is 1280 g/mol. The number of nitrogens with one attached hydrogen (secondary N) is 1. The lowest BCUT2D eigenvalue weighted by Crippen LogP contribution is -2.45. The van der Waals surface area contributed by atoms with Crippen molar-refractivity contribution in [2.24, 2.45) is 0 Å². The van der Waals surface area contributed by atoms with E-state index in [4.69, 9.17) is 4.74 Å². The maximum atomic E-state index is 12.6. The lowest BCUT2D eigenvalue weighted by molar-refractivity contribution is -0.143. The Hall–Kier alpha value is -1.66. The van der Waals surface area contributed by atoms with E-state index in [9.17, 15) is 19.8 Å². The smallest absolute Gasteiger partial charge is 0.305 e. The molecule has 0 bridgehead atoms. The largest absolute Gasteiger partial charge is 0.466 e. The van der Waals surface area contributed by atoms with Crippen LogP contribution in [0.25, 0.3) is 0 Å². The summed E-state index contributed by atoms with van der Waals surface area (Å²) < 4.78 is 5.48. The van der Waals surface area contributed by atoms with E-state index in [0.29, 0.717) is 19.4 Å². The summed E-state index contributed by atoms with van der Waals surface area (Å²) in [5.41, 5.74) is 0. The summed E-state index contributed by atoms with van der Waals surface area (Å²) in [4.78, 5) is 24.6. The maximum absolute atomic E-state index is 12.6. The van der Waals surface area contributed by atoms with Gasteiger partial charge in [0.1, 0.15) is 0 Å². The number of rotatable bonds is 80. The van der Waals surface area contributed by atoms with Crippen molar-refractivity contribution in [3.05, 3.63) is 24.3 Å². The Kier molecular flexibility index (Phi) is 79.3. The van der Waals surface area contributed by atoms with Crippen molar-refractivity contribution >= 4 is 11.9 Å². The molecule has 0 aromatic heterocycles. The molecule has 2 unspecified atom stereocenters. The number of aliphatic hydroxyl groups is 2. The highest BCUT2D eigenvalue weighted by atomic mass is 16.5. The van der Waals surface area contributed by atoms with Gasteiger partial charge in [-0.3, -0.25) is 9.59 Å². The van der Waals surface area contributed by atoms with Crippen LogP contribution in [0.1, 0.15) is 483 Å². The van der Waals surface area contributed by atoms with Crippen LogP contribution < -0.4 is 5.32 Å². The SMILES string of the molecule is CCCCC/C=C\CCCCCCCC(=O)OCCCCCCCCCCCCCCCCCCCCCCCCCCCCCCCCCCCCCCCC(=O)NC(CO)C(O)/C=C/CCCCCCCCCCCCCCCCCCCCCCCCC. The number of aliphatic hydroxyl groups excluding tert-OH is 2. The minimum atomic E-state index is -0.842. The first-order chi connectivity index (χ1) is 45.0. The van der Waals surface area contributed by atoms with E-state index in [1.165, 1.54) is 411 Å². The van der Waals surface area contributed by atoms with Gasteiger partial charge in [0.05, 0.1) is 25.4 Å². The predicted octanol–water partition coefficient (Wildman–Crippen LogP) is 28.0. The standard InChI is InChI=1S/C85H165NO5/c1-3-5-7-9-11-13-15-17-18-19-20-21-22-36-39-42-45-48-51-54-57-61-65-69-73-77-83(88)82(81-87)86-84(89)78-74-70-66-62-58-55-52-49-46-43-40-37-34-32-30-28-26-24-23-25-27-29-31-33-35-38-41-44-47-50-53-56-60-64-68-72-76-80-91-85(90)79-75-71-67-63-59-16-14-12-10-8-6-4-2/h12,14,73,77,82-83,87-88H,3-11,13,15-72,74-76,78-81H2,1-2H3,(H,86,89)/b14-12-,77-73+. The van der Waals surface area contributed by atoms with Gasteiger partial charge in [-0.2, -0.15) is 0 Å². The summed E-state index contributed by atoms with van der Waals surface area (Å²) >= 11 is 0. The van der Waals surface area contributed by atoms with E-state index in [1.54, 1.807) is 6.08 Å². The summed E-state index contributed by atoms with van der Waals surface area (Å²) in [6.07, 6.45) is 105. The zero-order chi connectivity index (χ0) is 65.6. The summed E-state index contributed by atoms with van der Waals surface area (Å²) in [5.74, 6) is -0.0424. The van der Waals surface area contributed by atoms with E-state index in [0.717, 1.165) is 44.9 Å². The Labute approximate surface area is 571 Å². The maximum Gasteiger partial charge on any atom is 0.305 e. The zero-order valence-electron chi connectivity index (χ0n) is 62.1. The second-order valence-electron chi connectivity index (χ2n) is 29.2. The molecular formula is C85H165NO5. The monoisotopic (exact) mass is 1280 g/mol. The van der Waals surface area contributed by atoms with Crippen LogP contribution in [-0.4, -0.2) is 47.4 Å². The van der Waals surface area contributed by atoms with Gasteiger partial charge >= 0.3 is 5.97 Å². The molecule has 0 saturated heterocycles. The highest BCUT2D eigenvalue weighted by Crippen LogP contribution is 2.21. The van der Waals surface area contributed by atoms with E-state index in [-0.39, 0.29) is 18.5 Å². The first-order valence-electron chi connectivity index (χ1n) is 42.1. The first kappa shape index (κ1) is 89.3. The molecule has 6 heteroatoms. The molecule has 0 aliphatic carbocycles. The third kappa shape index (κ3) is 77.2. The van der Waals surface area contributed by atoms with Crippen molar-refractivity contribution in [3.8, 4) is 0 Å². The number of ether oxygens (including phenoxy) is 1. The van der Waals surface area contributed by atoms with Crippen LogP contribution in [0.15, 0.2) is 24.3 Å². The summed E-state index contributed by atoms with van der Waals surface area (Å²) in [5, 5.41) is 23.3. The normalized spacial score (nSPS) is 12.5. The molecule has 0 aliphatic heterocycles. The molecule has 0 fully saturated rings. The van der Waals surface area contributed by atoms with Gasteiger partial charge in [0.15, 0.2) is 0 Å². The van der Waals surface area contributed by atoms with Gasteiger partial charge in [0.2, 0.25) is 5.91 Å². The van der Waals surface area contributed by atoms with E-state index in [2.05, 4.69) is 31.3 Å². The first-order valence-corrected chi connectivity index (χ1v) is 42.1.